The van der Waals surface area contributed by atoms with Gasteiger partial charge in [0.2, 0.25) is 0 Å². The second-order valence-electron chi connectivity index (χ2n) is 4.20. The Bertz CT molecular complexity index is 350. The molecule has 0 aliphatic rings. The number of nitrogens with one attached hydrogen (secondary N) is 1. The fourth-order valence-corrected chi connectivity index (χ4v) is 1.78. The summed E-state index contributed by atoms with van der Waals surface area (Å²) >= 11 is 0. The van der Waals surface area contributed by atoms with Crippen molar-refractivity contribution in [1.82, 2.24) is 5.32 Å². The van der Waals surface area contributed by atoms with Crippen LogP contribution in [0.1, 0.15) is 12.5 Å². The molecule has 3 heteroatoms. The minimum Gasteiger partial charge on any atom is -0.374 e. The first-order valence-corrected chi connectivity index (χ1v) is 5.53. The molecule has 0 aromatic heterocycles. The highest BCUT2D eigenvalue weighted by molar-refractivity contribution is 5.49. The molecule has 16 heavy (non-hydrogen) atoms. The van der Waals surface area contributed by atoms with Crippen molar-refractivity contribution in [2.45, 2.75) is 6.92 Å². The summed E-state index contributed by atoms with van der Waals surface area (Å²) in [7, 11) is 4.05. The van der Waals surface area contributed by atoms with Gasteiger partial charge in [-0.25, -0.2) is 0 Å². The van der Waals surface area contributed by atoms with Gasteiger partial charge in [-0.15, -0.1) is 0 Å². The zero-order valence-electron chi connectivity index (χ0n) is 10.2. The van der Waals surface area contributed by atoms with E-state index in [1.54, 1.807) is 0 Å². The summed E-state index contributed by atoms with van der Waals surface area (Å²) in [5, 5.41) is 11.9. The molecular weight excluding hydrogens is 198 g/mol. The first-order chi connectivity index (χ1) is 7.67. The first-order valence-electron chi connectivity index (χ1n) is 5.53. The molecule has 1 unspecified atom stereocenters. The van der Waals surface area contributed by atoms with Gasteiger partial charge in [0.1, 0.15) is 0 Å². The Balaban J connectivity index is 2.59. The molecule has 1 aromatic carbocycles. The van der Waals surface area contributed by atoms with Crippen molar-refractivity contribution < 1.29 is 0 Å². The van der Waals surface area contributed by atoms with E-state index in [2.05, 4.69) is 30.3 Å². The molecule has 0 bridgehead atoms. The van der Waals surface area contributed by atoms with E-state index in [0.717, 1.165) is 18.8 Å². The molecule has 0 saturated carbocycles. The number of benzene rings is 1. The van der Waals surface area contributed by atoms with E-state index in [-0.39, 0.29) is 0 Å². The van der Waals surface area contributed by atoms with Crippen LogP contribution in [0.4, 0.5) is 5.69 Å². The van der Waals surface area contributed by atoms with Gasteiger partial charge in [-0.1, -0.05) is 6.92 Å². The second kappa shape index (κ2) is 6.14. The molecule has 0 fully saturated rings. The predicted octanol–water partition coefficient (Wildman–Crippen LogP) is 1.85. The van der Waals surface area contributed by atoms with Crippen LogP contribution in [-0.4, -0.2) is 27.2 Å². The third-order valence-corrected chi connectivity index (χ3v) is 2.58. The van der Waals surface area contributed by atoms with Crippen molar-refractivity contribution in [3.05, 3.63) is 29.8 Å². The maximum Gasteiger partial charge on any atom is 0.0991 e. The van der Waals surface area contributed by atoms with E-state index in [9.17, 15) is 0 Å². The lowest BCUT2D eigenvalue weighted by Crippen LogP contribution is -2.29. The molecule has 0 aliphatic heterocycles. The SMILES string of the molecule is CNCC(C)CN(C)c1ccc(C#N)cc1. The quantitative estimate of drug-likeness (QED) is 0.818. The summed E-state index contributed by atoms with van der Waals surface area (Å²) in [5.74, 6) is 0.602. The zero-order valence-corrected chi connectivity index (χ0v) is 10.2. The molecule has 0 heterocycles. The van der Waals surface area contributed by atoms with Crippen molar-refractivity contribution in [1.29, 1.82) is 5.26 Å². The van der Waals surface area contributed by atoms with E-state index >= 15 is 0 Å². The highest BCUT2D eigenvalue weighted by Crippen LogP contribution is 2.14. The Morgan fingerprint density at radius 1 is 1.38 bits per heavy atom. The Morgan fingerprint density at radius 2 is 2.00 bits per heavy atom. The molecular formula is C13H19N3. The minimum atomic E-state index is 0.602. The van der Waals surface area contributed by atoms with Gasteiger partial charge in [-0.2, -0.15) is 5.26 Å². The monoisotopic (exact) mass is 217 g/mol. The lowest BCUT2D eigenvalue weighted by molar-refractivity contribution is 0.542. The van der Waals surface area contributed by atoms with Crippen LogP contribution < -0.4 is 10.2 Å². The van der Waals surface area contributed by atoms with Crippen molar-refractivity contribution in [2.75, 3.05) is 32.1 Å². The van der Waals surface area contributed by atoms with Crippen molar-refractivity contribution >= 4 is 5.69 Å². The van der Waals surface area contributed by atoms with Crippen LogP contribution in [-0.2, 0) is 0 Å². The number of anilines is 1. The molecule has 1 atom stereocenters. The highest BCUT2D eigenvalue weighted by atomic mass is 15.1. The number of nitriles is 1. The largest absolute Gasteiger partial charge is 0.374 e. The molecule has 3 nitrogen and oxygen atoms in total. The first kappa shape index (κ1) is 12.5. The average molecular weight is 217 g/mol. The van der Waals surface area contributed by atoms with Gasteiger partial charge in [0, 0.05) is 19.3 Å². The van der Waals surface area contributed by atoms with E-state index in [4.69, 9.17) is 5.26 Å². The van der Waals surface area contributed by atoms with Crippen LogP contribution in [0.5, 0.6) is 0 Å². The van der Waals surface area contributed by atoms with Crippen LogP contribution in [0.15, 0.2) is 24.3 Å². The van der Waals surface area contributed by atoms with Crippen LogP contribution >= 0.6 is 0 Å². The molecule has 0 aliphatic carbocycles. The van der Waals surface area contributed by atoms with Gasteiger partial charge >= 0.3 is 0 Å². The summed E-state index contributed by atoms with van der Waals surface area (Å²) < 4.78 is 0. The van der Waals surface area contributed by atoms with E-state index in [1.807, 2.05) is 31.3 Å². The average Bonchev–Trinajstić information content (AvgIpc) is 2.29. The topological polar surface area (TPSA) is 39.1 Å². The smallest absolute Gasteiger partial charge is 0.0991 e. The van der Waals surface area contributed by atoms with Crippen LogP contribution in [0, 0.1) is 17.2 Å². The molecule has 0 radical (unpaired) electrons. The van der Waals surface area contributed by atoms with Crippen LogP contribution in [0.3, 0.4) is 0 Å². The van der Waals surface area contributed by atoms with Crippen molar-refractivity contribution in [3.63, 3.8) is 0 Å². The third-order valence-electron chi connectivity index (χ3n) is 2.58. The van der Waals surface area contributed by atoms with E-state index in [0.29, 0.717) is 11.5 Å². The Hall–Kier alpha value is -1.53. The van der Waals surface area contributed by atoms with Gasteiger partial charge < -0.3 is 10.2 Å². The minimum absolute atomic E-state index is 0.602. The number of nitrogens with zero attached hydrogens (tertiary/aromatic N) is 2. The summed E-state index contributed by atoms with van der Waals surface area (Å²) in [4.78, 5) is 2.21. The fourth-order valence-electron chi connectivity index (χ4n) is 1.78. The molecule has 0 saturated heterocycles. The summed E-state index contributed by atoms with van der Waals surface area (Å²) in [5.41, 5.74) is 1.86. The van der Waals surface area contributed by atoms with Gasteiger partial charge in [0.25, 0.3) is 0 Å². The lowest BCUT2D eigenvalue weighted by atomic mass is 10.1. The molecule has 1 N–H and O–H groups in total. The third kappa shape index (κ3) is 3.56. The van der Waals surface area contributed by atoms with Gasteiger partial charge in [0.15, 0.2) is 0 Å². The lowest BCUT2D eigenvalue weighted by Gasteiger charge is -2.23. The summed E-state index contributed by atoms with van der Waals surface area (Å²) in [6.07, 6.45) is 0. The number of rotatable bonds is 5. The Labute approximate surface area is 97.7 Å². The summed E-state index contributed by atoms with van der Waals surface area (Å²) in [6.45, 7) is 4.24. The molecule has 1 rings (SSSR count). The fraction of sp³-hybridized carbons (Fsp3) is 0.462. The van der Waals surface area contributed by atoms with E-state index in [1.165, 1.54) is 0 Å². The molecule has 1 aromatic rings. The van der Waals surface area contributed by atoms with Crippen LogP contribution in [0.25, 0.3) is 0 Å². The van der Waals surface area contributed by atoms with Crippen molar-refractivity contribution in [2.24, 2.45) is 5.92 Å². The number of hydrogen-bond donors (Lipinski definition) is 1. The second-order valence-corrected chi connectivity index (χ2v) is 4.20. The highest BCUT2D eigenvalue weighted by Gasteiger charge is 2.06. The maximum absolute atomic E-state index is 8.71. The summed E-state index contributed by atoms with van der Waals surface area (Å²) in [6, 6.07) is 9.82. The van der Waals surface area contributed by atoms with Crippen molar-refractivity contribution in [3.8, 4) is 6.07 Å². The van der Waals surface area contributed by atoms with Gasteiger partial charge in [0.05, 0.1) is 11.6 Å². The van der Waals surface area contributed by atoms with E-state index < -0.39 is 0 Å². The van der Waals surface area contributed by atoms with Gasteiger partial charge in [-0.05, 0) is 43.8 Å². The molecule has 86 valence electrons. The molecule has 0 amide bonds. The normalized spacial score (nSPS) is 11.9. The van der Waals surface area contributed by atoms with Gasteiger partial charge in [-0.3, -0.25) is 0 Å². The Kier molecular flexibility index (Phi) is 4.81. The Morgan fingerprint density at radius 3 is 2.50 bits per heavy atom. The molecule has 0 spiro atoms. The predicted molar refractivity (Wildman–Crippen MR) is 67.5 cm³/mol. The zero-order chi connectivity index (χ0) is 12.0. The standard InChI is InChI=1S/C13H19N3/c1-11(9-15-2)10-16(3)13-6-4-12(8-14)5-7-13/h4-7,11,15H,9-10H2,1-3H3. The van der Waals surface area contributed by atoms with Crippen LogP contribution in [0.2, 0.25) is 0 Å². The number of hydrogen-bond acceptors (Lipinski definition) is 3. The maximum atomic E-state index is 8.71.